The van der Waals surface area contributed by atoms with Crippen LogP contribution in [0.15, 0.2) is 53.5 Å². The summed E-state index contributed by atoms with van der Waals surface area (Å²) < 4.78 is 44.7. The molecule has 0 aliphatic heterocycles. The Kier molecular flexibility index (Phi) is 4.63. The molecule has 0 saturated heterocycles. The Balaban J connectivity index is 2.48. The van der Waals surface area contributed by atoms with Crippen molar-refractivity contribution >= 4 is 17.1 Å². The fourth-order valence-corrected chi connectivity index (χ4v) is 1.84. The van der Waals surface area contributed by atoms with Gasteiger partial charge < -0.3 is 4.74 Å². The van der Waals surface area contributed by atoms with E-state index in [0.717, 1.165) is 24.3 Å². The minimum atomic E-state index is -4.69. The van der Waals surface area contributed by atoms with Crippen molar-refractivity contribution in [2.24, 2.45) is 4.99 Å². The largest absolute Gasteiger partial charge is 0.497 e. The van der Waals surface area contributed by atoms with Crippen LogP contribution in [0.4, 0.5) is 24.5 Å². The van der Waals surface area contributed by atoms with Crippen LogP contribution in [0.25, 0.3) is 0 Å². The summed E-state index contributed by atoms with van der Waals surface area (Å²) >= 11 is 0. The van der Waals surface area contributed by atoms with Crippen LogP contribution in [-0.4, -0.2) is 23.9 Å². The summed E-state index contributed by atoms with van der Waals surface area (Å²) in [6, 6.07) is 9.93. The zero-order valence-corrected chi connectivity index (χ0v) is 11.9. The number of aliphatic imine (C=N–C) groups is 1. The predicted molar refractivity (Wildman–Crippen MR) is 78.3 cm³/mol. The summed E-state index contributed by atoms with van der Waals surface area (Å²) in [4.78, 5) is 13.5. The van der Waals surface area contributed by atoms with Gasteiger partial charge in [0.25, 0.3) is 5.69 Å². The number of nitro groups is 1. The monoisotopic (exact) mass is 324 g/mol. The van der Waals surface area contributed by atoms with Crippen molar-refractivity contribution in [1.82, 2.24) is 0 Å². The maximum Gasteiger partial charge on any atom is 0.433 e. The van der Waals surface area contributed by atoms with E-state index in [1.807, 2.05) is 0 Å². The molecule has 0 bridgehead atoms. The van der Waals surface area contributed by atoms with Gasteiger partial charge in [-0.1, -0.05) is 12.1 Å². The van der Waals surface area contributed by atoms with Crippen LogP contribution >= 0.6 is 0 Å². The van der Waals surface area contributed by atoms with Gasteiger partial charge in [0, 0.05) is 17.7 Å². The summed E-state index contributed by atoms with van der Waals surface area (Å²) in [5.74, 6) is 0.267. The molecule has 0 atom stereocenters. The highest BCUT2D eigenvalue weighted by atomic mass is 19.4. The molecule has 0 heterocycles. The van der Waals surface area contributed by atoms with Crippen LogP contribution in [0.2, 0.25) is 0 Å². The minimum absolute atomic E-state index is 0.0363. The summed E-state index contributed by atoms with van der Waals surface area (Å²) in [6.45, 7) is 0. The average Bonchev–Trinajstić information content (AvgIpc) is 2.52. The van der Waals surface area contributed by atoms with Crippen LogP contribution in [0.3, 0.4) is 0 Å². The summed E-state index contributed by atoms with van der Waals surface area (Å²) in [7, 11) is 1.35. The molecule has 0 fully saturated rings. The molecule has 0 aromatic heterocycles. The lowest BCUT2D eigenvalue weighted by Crippen LogP contribution is -2.23. The number of nitro benzene ring substituents is 1. The van der Waals surface area contributed by atoms with Crippen molar-refractivity contribution in [3.63, 3.8) is 0 Å². The summed E-state index contributed by atoms with van der Waals surface area (Å²) in [5, 5.41) is 10.6. The van der Waals surface area contributed by atoms with Gasteiger partial charge in [-0.15, -0.1) is 0 Å². The summed E-state index contributed by atoms with van der Waals surface area (Å²) in [5.41, 5.74) is -1.52. The molecule has 120 valence electrons. The van der Waals surface area contributed by atoms with Crippen LogP contribution in [0.5, 0.6) is 5.75 Å². The van der Waals surface area contributed by atoms with Crippen LogP contribution < -0.4 is 4.74 Å². The maximum absolute atomic E-state index is 13.3. The number of non-ortho nitro benzene ring substituents is 1. The van der Waals surface area contributed by atoms with Crippen molar-refractivity contribution in [3.8, 4) is 5.75 Å². The van der Waals surface area contributed by atoms with E-state index in [9.17, 15) is 23.3 Å². The molecular weight excluding hydrogens is 313 g/mol. The van der Waals surface area contributed by atoms with E-state index < -0.39 is 16.8 Å². The molecule has 2 aromatic carbocycles. The Bertz CT molecular complexity index is 740. The Morgan fingerprint density at radius 1 is 1.17 bits per heavy atom. The van der Waals surface area contributed by atoms with Crippen LogP contribution in [0.1, 0.15) is 5.56 Å². The van der Waals surface area contributed by atoms with Crippen molar-refractivity contribution in [2.75, 3.05) is 7.11 Å². The number of methoxy groups -OCH3 is 1. The molecule has 8 heteroatoms. The highest BCUT2D eigenvalue weighted by molar-refractivity contribution is 6.06. The molecule has 0 amide bonds. The number of hydrogen-bond acceptors (Lipinski definition) is 4. The summed E-state index contributed by atoms with van der Waals surface area (Å²) in [6.07, 6.45) is -4.69. The Morgan fingerprint density at radius 3 is 2.35 bits per heavy atom. The van der Waals surface area contributed by atoms with Gasteiger partial charge >= 0.3 is 6.18 Å². The average molecular weight is 324 g/mol. The quantitative estimate of drug-likeness (QED) is 0.479. The molecule has 0 N–H and O–H groups in total. The van der Waals surface area contributed by atoms with Gasteiger partial charge in [0.05, 0.1) is 17.7 Å². The molecule has 2 rings (SSSR count). The lowest BCUT2D eigenvalue weighted by molar-refractivity contribution is -0.384. The zero-order valence-electron chi connectivity index (χ0n) is 11.9. The number of rotatable bonds is 4. The van der Waals surface area contributed by atoms with Gasteiger partial charge in [0.1, 0.15) is 5.75 Å². The Morgan fingerprint density at radius 2 is 1.83 bits per heavy atom. The van der Waals surface area contributed by atoms with E-state index in [0.29, 0.717) is 0 Å². The van der Waals surface area contributed by atoms with Gasteiger partial charge in [-0.3, -0.25) is 10.1 Å². The van der Waals surface area contributed by atoms with Gasteiger partial charge in [-0.2, -0.15) is 13.2 Å². The number of nitrogens with zero attached hydrogens (tertiary/aromatic N) is 2. The molecule has 0 aliphatic carbocycles. The Hall–Kier alpha value is -2.90. The third kappa shape index (κ3) is 4.06. The highest BCUT2D eigenvalue weighted by Crippen LogP contribution is 2.28. The van der Waals surface area contributed by atoms with Gasteiger partial charge in [0.2, 0.25) is 0 Å². The third-order valence-electron chi connectivity index (χ3n) is 2.91. The first-order chi connectivity index (χ1) is 10.8. The van der Waals surface area contributed by atoms with Gasteiger partial charge in [-0.25, -0.2) is 4.99 Å². The van der Waals surface area contributed by atoms with E-state index in [4.69, 9.17) is 4.74 Å². The standard InChI is InChI=1S/C15H11F3N2O3/c1-23-13-4-2-3-10(9-13)14(15(16,17)18)19-11-5-7-12(8-6-11)20(21)22/h2-9H,1H3. The fraction of sp³-hybridized carbons (Fsp3) is 0.133. The predicted octanol–water partition coefficient (Wildman–Crippen LogP) is 4.29. The van der Waals surface area contributed by atoms with E-state index >= 15 is 0 Å². The van der Waals surface area contributed by atoms with Crippen molar-refractivity contribution < 1.29 is 22.8 Å². The lowest BCUT2D eigenvalue weighted by atomic mass is 10.1. The minimum Gasteiger partial charge on any atom is -0.497 e. The van der Waals surface area contributed by atoms with Crippen molar-refractivity contribution in [3.05, 3.63) is 64.2 Å². The van der Waals surface area contributed by atoms with E-state index in [-0.39, 0.29) is 22.7 Å². The fourth-order valence-electron chi connectivity index (χ4n) is 1.84. The van der Waals surface area contributed by atoms with E-state index in [1.165, 1.54) is 31.4 Å². The second kappa shape index (κ2) is 6.47. The number of benzene rings is 2. The lowest BCUT2D eigenvalue weighted by Gasteiger charge is -2.12. The van der Waals surface area contributed by atoms with Crippen molar-refractivity contribution in [2.45, 2.75) is 6.18 Å². The topological polar surface area (TPSA) is 64.7 Å². The SMILES string of the molecule is COc1cccc(C(=Nc2ccc([N+](=O)[O-])cc2)C(F)(F)F)c1. The third-order valence-corrected chi connectivity index (χ3v) is 2.91. The van der Waals surface area contributed by atoms with E-state index in [1.54, 1.807) is 0 Å². The number of alkyl halides is 3. The molecule has 0 spiro atoms. The number of ether oxygens (including phenoxy) is 1. The zero-order chi connectivity index (χ0) is 17.0. The second-order valence-electron chi connectivity index (χ2n) is 4.46. The van der Waals surface area contributed by atoms with E-state index in [2.05, 4.69) is 4.99 Å². The second-order valence-corrected chi connectivity index (χ2v) is 4.46. The molecule has 0 saturated carbocycles. The van der Waals surface area contributed by atoms with Crippen LogP contribution in [0, 0.1) is 10.1 Å². The van der Waals surface area contributed by atoms with Gasteiger partial charge in [-0.05, 0) is 24.3 Å². The Labute approximate surface area is 129 Å². The van der Waals surface area contributed by atoms with Gasteiger partial charge in [0.15, 0.2) is 5.71 Å². The molecule has 0 radical (unpaired) electrons. The number of halogens is 3. The molecule has 23 heavy (non-hydrogen) atoms. The molecular formula is C15H11F3N2O3. The van der Waals surface area contributed by atoms with Crippen molar-refractivity contribution in [1.29, 1.82) is 0 Å². The first kappa shape index (κ1) is 16.5. The number of hydrogen-bond donors (Lipinski definition) is 0. The maximum atomic E-state index is 13.3. The molecule has 5 nitrogen and oxygen atoms in total. The normalized spacial score (nSPS) is 12.1. The molecule has 0 aliphatic rings. The molecule has 2 aromatic rings. The molecule has 0 unspecified atom stereocenters. The first-order valence-electron chi connectivity index (χ1n) is 6.36. The highest BCUT2D eigenvalue weighted by Gasteiger charge is 2.37. The smallest absolute Gasteiger partial charge is 0.433 e. The first-order valence-corrected chi connectivity index (χ1v) is 6.36. The van der Waals surface area contributed by atoms with Crippen LogP contribution in [-0.2, 0) is 0 Å².